The monoisotopic (exact) mass is 401 g/mol. The zero-order valence-electron chi connectivity index (χ0n) is 16.1. The van der Waals surface area contributed by atoms with Crippen molar-refractivity contribution in [1.82, 2.24) is 4.90 Å². The van der Waals surface area contributed by atoms with Gasteiger partial charge in [0.25, 0.3) is 15.9 Å². The van der Waals surface area contributed by atoms with Crippen molar-refractivity contribution in [3.8, 4) is 0 Å². The van der Waals surface area contributed by atoms with Crippen molar-refractivity contribution < 1.29 is 18.0 Å². The van der Waals surface area contributed by atoms with E-state index in [1.54, 1.807) is 42.3 Å². The number of likely N-dealkylation sites (N-methyl/N-ethyl adjacent to an activating group) is 1. The molecule has 0 saturated carbocycles. The van der Waals surface area contributed by atoms with Gasteiger partial charge >= 0.3 is 0 Å². The molecule has 7 nitrogen and oxygen atoms in total. The molecular formula is C20H23N3O4S. The molecule has 0 unspecified atom stereocenters. The highest BCUT2D eigenvalue weighted by Crippen LogP contribution is 2.30. The minimum Gasteiger partial charge on any atom is -0.339 e. The summed E-state index contributed by atoms with van der Waals surface area (Å²) in [5.74, 6) is -0.155. The lowest BCUT2D eigenvalue weighted by Gasteiger charge is -2.18. The fourth-order valence-electron chi connectivity index (χ4n) is 3.20. The molecule has 0 fully saturated rings. The normalized spacial score (nSPS) is 13.4. The first-order chi connectivity index (χ1) is 13.3. The van der Waals surface area contributed by atoms with E-state index in [9.17, 15) is 18.0 Å². The van der Waals surface area contributed by atoms with Gasteiger partial charge in [-0.25, -0.2) is 8.42 Å². The molecule has 1 aliphatic rings. The molecule has 0 atom stereocenters. The van der Waals surface area contributed by atoms with Crippen LogP contribution < -0.4 is 9.62 Å². The number of carbonyl (C=O) groups is 2. The molecule has 0 spiro atoms. The zero-order valence-corrected chi connectivity index (χ0v) is 16.9. The van der Waals surface area contributed by atoms with Crippen LogP contribution in [0.3, 0.4) is 0 Å². The van der Waals surface area contributed by atoms with Crippen molar-refractivity contribution >= 4 is 33.2 Å². The lowest BCUT2D eigenvalue weighted by atomic mass is 10.2. The average Bonchev–Trinajstić information content (AvgIpc) is 2.96. The van der Waals surface area contributed by atoms with Gasteiger partial charge in [-0.15, -0.1) is 0 Å². The summed E-state index contributed by atoms with van der Waals surface area (Å²) in [5, 5.41) is 0. The second-order valence-corrected chi connectivity index (χ2v) is 8.26. The standard InChI is InChI=1S/C20H23N3O4S/c1-4-23(5-2)20(25)14-6-8-16(9-7-14)21-28(26,27)17-10-11-18-15(12-17)13-19(24)22(18)3/h6-12,21H,4-5,13H2,1-3H3. The van der Waals surface area contributed by atoms with Crippen molar-refractivity contribution in [2.24, 2.45) is 0 Å². The number of anilines is 2. The largest absolute Gasteiger partial charge is 0.339 e. The van der Waals surface area contributed by atoms with Crippen LogP contribution in [0.5, 0.6) is 0 Å². The SMILES string of the molecule is CCN(CC)C(=O)c1ccc(NS(=O)(=O)c2ccc3c(c2)CC(=O)N3C)cc1. The molecule has 148 valence electrons. The van der Waals surface area contributed by atoms with E-state index in [-0.39, 0.29) is 23.1 Å². The molecular weight excluding hydrogens is 378 g/mol. The minimum absolute atomic E-state index is 0.0639. The van der Waals surface area contributed by atoms with E-state index in [0.29, 0.717) is 29.9 Å². The Hall–Kier alpha value is -2.87. The number of nitrogens with zero attached hydrogens (tertiary/aromatic N) is 2. The van der Waals surface area contributed by atoms with Crippen LogP contribution in [-0.4, -0.2) is 45.3 Å². The first-order valence-corrected chi connectivity index (χ1v) is 10.6. The molecule has 2 aromatic carbocycles. The van der Waals surface area contributed by atoms with E-state index in [0.717, 1.165) is 5.69 Å². The van der Waals surface area contributed by atoms with Crippen molar-refractivity contribution in [3.05, 3.63) is 53.6 Å². The Kier molecular flexibility index (Phi) is 5.42. The maximum atomic E-state index is 12.7. The molecule has 2 amide bonds. The van der Waals surface area contributed by atoms with Crippen molar-refractivity contribution in [1.29, 1.82) is 0 Å². The molecule has 0 saturated heterocycles. The van der Waals surface area contributed by atoms with Crippen molar-refractivity contribution in [2.45, 2.75) is 25.2 Å². The van der Waals surface area contributed by atoms with E-state index in [2.05, 4.69) is 4.72 Å². The van der Waals surface area contributed by atoms with Gasteiger partial charge in [0.2, 0.25) is 5.91 Å². The van der Waals surface area contributed by atoms with Gasteiger partial charge < -0.3 is 9.80 Å². The van der Waals surface area contributed by atoms with Gasteiger partial charge in [0.15, 0.2) is 0 Å². The number of fused-ring (bicyclic) bond motifs is 1. The predicted molar refractivity (Wildman–Crippen MR) is 108 cm³/mol. The summed E-state index contributed by atoms with van der Waals surface area (Å²) in [7, 11) is -2.14. The maximum absolute atomic E-state index is 12.7. The molecule has 2 aromatic rings. The van der Waals surface area contributed by atoms with Crippen LogP contribution in [0.15, 0.2) is 47.4 Å². The zero-order chi connectivity index (χ0) is 20.5. The number of benzene rings is 2. The number of amides is 2. The van der Waals surface area contributed by atoms with Gasteiger partial charge in [-0.2, -0.15) is 0 Å². The number of nitrogens with one attached hydrogen (secondary N) is 1. The third kappa shape index (κ3) is 3.73. The maximum Gasteiger partial charge on any atom is 0.261 e. The highest BCUT2D eigenvalue weighted by atomic mass is 32.2. The van der Waals surface area contributed by atoms with Crippen LogP contribution >= 0.6 is 0 Å². The summed E-state index contributed by atoms with van der Waals surface area (Å²) in [6.45, 7) is 5.04. The van der Waals surface area contributed by atoms with E-state index in [1.165, 1.54) is 17.0 Å². The van der Waals surface area contributed by atoms with Crippen molar-refractivity contribution in [2.75, 3.05) is 29.8 Å². The smallest absolute Gasteiger partial charge is 0.261 e. The number of hydrogen-bond acceptors (Lipinski definition) is 4. The second kappa shape index (κ2) is 7.63. The lowest BCUT2D eigenvalue weighted by Crippen LogP contribution is -2.30. The van der Waals surface area contributed by atoms with E-state index in [4.69, 9.17) is 0 Å². The van der Waals surface area contributed by atoms with Gasteiger partial charge in [0, 0.05) is 37.1 Å². The lowest BCUT2D eigenvalue weighted by molar-refractivity contribution is -0.117. The van der Waals surface area contributed by atoms with Crippen LogP contribution in [0.1, 0.15) is 29.8 Å². The summed E-state index contributed by atoms with van der Waals surface area (Å²) in [5.41, 5.74) is 2.29. The molecule has 8 heteroatoms. The third-order valence-corrected chi connectivity index (χ3v) is 6.25. The highest BCUT2D eigenvalue weighted by Gasteiger charge is 2.26. The number of sulfonamides is 1. The van der Waals surface area contributed by atoms with E-state index < -0.39 is 10.0 Å². The fourth-order valence-corrected chi connectivity index (χ4v) is 4.31. The van der Waals surface area contributed by atoms with Crippen LogP contribution in [0.25, 0.3) is 0 Å². The second-order valence-electron chi connectivity index (χ2n) is 6.58. The van der Waals surface area contributed by atoms with Gasteiger partial charge in [-0.05, 0) is 61.9 Å². The summed E-state index contributed by atoms with van der Waals surface area (Å²) < 4.78 is 27.9. The quantitative estimate of drug-likeness (QED) is 0.806. The molecule has 0 aromatic heterocycles. The highest BCUT2D eigenvalue weighted by molar-refractivity contribution is 7.92. The fraction of sp³-hybridized carbons (Fsp3) is 0.300. The number of rotatable bonds is 6. The summed E-state index contributed by atoms with van der Waals surface area (Å²) >= 11 is 0. The summed E-state index contributed by atoms with van der Waals surface area (Å²) in [6.07, 6.45) is 0.192. The number of carbonyl (C=O) groups excluding carboxylic acids is 2. The average molecular weight is 401 g/mol. The van der Waals surface area contributed by atoms with Crippen LogP contribution in [-0.2, 0) is 21.2 Å². The van der Waals surface area contributed by atoms with Crippen LogP contribution in [0.4, 0.5) is 11.4 Å². The molecule has 3 rings (SSSR count). The molecule has 1 N–H and O–H groups in total. The van der Waals surface area contributed by atoms with Gasteiger partial charge in [0.1, 0.15) is 0 Å². The van der Waals surface area contributed by atoms with Gasteiger partial charge in [-0.1, -0.05) is 0 Å². The Morgan fingerprint density at radius 2 is 1.75 bits per heavy atom. The topological polar surface area (TPSA) is 86.8 Å². The first kappa shape index (κ1) is 19.9. The first-order valence-electron chi connectivity index (χ1n) is 9.08. The molecule has 0 bridgehead atoms. The Labute approximate surface area is 165 Å². The number of hydrogen-bond donors (Lipinski definition) is 1. The summed E-state index contributed by atoms with van der Waals surface area (Å²) in [6, 6.07) is 11.0. The Bertz CT molecular complexity index is 1010. The van der Waals surface area contributed by atoms with Gasteiger partial charge in [0.05, 0.1) is 11.3 Å². The predicted octanol–water partition coefficient (Wildman–Crippen LogP) is 2.49. The van der Waals surface area contributed by atoms with Crippen molar-refractivity contribution in [3.63, 3.8) is 0 Å². The molecule has 0 aliphatic carbocycles. The molecule has 1 aliphatic heterocycles. The Morgan fingerprint density at radius 3 is 2.36 bits per heavy atom. The third-order valence-electron chi connectivity index (χ3n) is 4.87. The molecule has 1 heterocycles. The van der Waals surface area contributed by atoms with Crippen LogP contribution in [0.2, 0.25) is 0 Å². The molecule has 28 heavy (non-hydrogen) atoms. The molecule has 0 radical (unpaired) electrons. The van der Waals surface area contributed by atoms with E-state index >= 15 is 0 Å². The minimum atomic E-state index is -3.80. The summed E-state index contributed by atoms with van der Waals surface area (Å²) in [4.78, 5) is 27.4. The van der Waals surface area contributed by atoms with Crippen LogP contribution in [0, 0.1) is 0 Å². The van der Waals surface area contributed by atoms with Gasteiger partial charge in [-0.3, -0.25) is 14.3 Å². The Morgan fingerprint density at radius 1 is 1.11 bits per heavy atom. The van der Waals surface area contributed by atoms with E-state index in [1.807, 2.05) is 13.8 Å². The Balaban J connectivity index is 1.79.